The van der Waals surface area contributed by atoms with Crippen LogP contribution in [0.5, 0.6) is 11.5 Å². The second kappa shape index (κ2) is 33.9. The molecule has 0 saturated heterocycles. The number of likely N-dealkylation sites (N-methyl/N-ethyl adjacent to an activating group) is 2. The van der Waals surface area contributed by atoms with Crippen molar-refractivity contribution in [2.24, 2.45) is 0 Å². The maximum absolute atomic E-state index is 15.1. The first-order valence-electron chi connectivity index (χ1n) is 26.5. The van der Waals surface area contributed by atoms with Gasteiger partial charge >= 0.3 is 12.1 Å². The molecule has 2 aliphatic carbocycles. The van der Waals surface area contributed by atoms with E-state index in [0.29, 0.717) is 72.4 Å². The zero-order valence-electron chi connectivity index (χ0n) is 46.7. The van der Waals surface area contributed by atoms with Crippen molar-refractivity contribution in [2.75, 3.05) is 121 Å². The van der Waals surface area contributed by atoms with Crippen LogP contribution in [0.15, 0.2) is 70.5 Å². The van der Waals surface area contributed by atoms with Crippen molar-refractivity contribution in [1.82, 2.24) is 40.5 Å². The molecule has 0 bridgehead atoms. The number of benzene rings is 4. The van der Waals surface area contributed by atoms with E-state index in [-0.39, 0.29) is 91.6 Å². The number of unbranched alkanes of at least 4 members (excludes halogenated alkanes) is 1. The maximum atomic E-state index is 15.1. The SMILES string of the molecule is CCCOCCOCCNS(=O)(=O)c1ccc(O[C@H]2c3cc(Cl)cc(Cl)c3C[C@@H]2N(C)C)c(F)c1.CNC(=O)NCCCCNC(=O)NCCOCCOCCNS(=O)(=O)c1ccc(O[C@H]2c3cc(Cl)cc(Cl)c3C[C@@H]2N(C)C)c(F)c1. The molecule has 0 radical (unpaired) electrons. The minimum Gasteiger partial charge on any atom is -0.481 e. The number of fused-ring (bicyclic) bond motifs is 2. The molecule has 4 aromatic rings. The van der Waals surface area contributed by atoms with Crippen LogP contribution in [0.4, 0.5) is 18.4 Å². The first-order chi connectivity index (χ1) is 39.1. The first-order valence-corrected chi connectivity index (χ1v) is 31.0. The van der Waals surface area contributed by atoms with E-state index in [1.165, 1.54) is 24.3 Å². The van der Waals surface area contributed by atoms with Crippen LogP contribution in [0.2, 0.25) is 20.1 Å². The van der Waals surface area contributed by atoms with Gasteiger partial charge in [0.1, 0.15) is 12.2 Å². The Kier molecular flexibility index (Phi) is 28.3. The van der Waals surface area contributed by atoms with Gasteiger partial charge in [-0.05, 0) is 132 Å². The van der Waals surface area contributed by atoms with Gasteiger partial charge in [-0.25, -0.2) is 44.6 Å². The molecule has 6 N–H and O–H groups in total. The van der Waals surface area contributed by atoms with Gasteiger partial charge in [0.05, 0.1) is 68.1 Å². The number of rotatable bonds is 32. The molecule has 4 amide bonds. The lowest BCUT2D eigenvalue weighted by molar-refractivity contribution is 0.0502. The Labute approximate surface area is 499 Å². The van der Waals surface area contributed by atoms with Gasteiger partial charge in [-0.2, -0.15) is 0 Å². The molecule has 4 aromatic carbocycles. The van der Waals surface area contributed by atoms with Gasteiger partial charge in [0.25, 0.3) is 0 Å². The average Bonchev–Trinajstić information content (AvgIpc) is 4.21. The van der Waals surface area contributed by atoms with Crippen LogP contribution in [-0.2, 0) is 51.8 Å². The summed E-state index contributed by atoms with van der Waals surface area (Å²) in [5.41, 5.74) is 3.34. The average molecular weight is 1270 g/mol. The lowest BCUT2D eigenvalue weighted by Crippen LogP contribution is -2.38. The van der Waals surface area contributed by atoms with Crippen LogP contribution in [0.25, 0.3) is 0 Å². The summed E-state index contributed by atoms with van der Waals surface area (Å²) in [5, 5.41) is 12.5. The number of ether oxygens (including phenoxy) is 6. The second-order valence-electron chi connectivity index (χ2n) is 19.3. The third-order valence-corrected chi connectivity index (χ3v) is 16.9. The Hall–Kier alpha value is -4.38. The second-order valence-corrected chi connectivity index (χ2v) is 24.5. The molecule has 0 aliphatic heterocycles. The van der Waals surface area contributed by atoms with Gasteiger partial charge in [0.15, 0.2) is 23.1 Å². The number of hydrogen-bond donors (Lipinski definition) is 6. The quantitative estimate of drug-likeness (QED) is 0.0260. The summed E-state index contributed by atoms with van der Waals surface area (Å²) in [5.74, 6) is -1.75. The Balaban J connectivity index is 0.000000314. The van der Waals surface area contributed by atoms with Crippen molar-refractivity contribution in [1.29, 1.82) is 0 Å². The van der Waals surface area contributed by atoms with Gasteiger partial charge < -0.3 is 59.5 Å². The summed E-state index contributed by atoms with van der Waals surface area (Å²) in [4.78, 5) is 26.3. The molecular weight excluding hydrogens is 1200 g/mol. The summed E-state index contributed by atoms with van der Waals surface area (Å²) in [6, 6.07) is 13.2. The molecule has 0 unspecified atom stereocenters. The summed E-state index contributed by atoms with van der Waals surface area (Å²) in [7, 11) is 1.21. The molecular formula is C54H74Cl4F2N8O12S2. The van der Waals surface area contributed by atoms with Gasteiger partial charge in [0, 0.05) is 77.6 Å². The van der Waals surface area contributed by atoms with E-state index in [9.17, 15) is 30.8 Å². The zero-order valence-corrected chi connectivity index (χ0v) is 51.3. The minimum atomic E-state index is -4.01. The fourth-order valence-electron chi connectivity index (χ4n) is 8.68. The fourth-order valence-corrected chi connectivity index (χ4v) is 11.9. The largest absolute Gasteiger partial charge is 0.481 e. The van der Waals surface area contributed by atoms with Crippen molar-refractivity contribution in [3.05, 3.63) is 115 Å². The first kappa shape index (κ1) is 68.4. The number of carbonyl (C=O) groups is 2. The van der Waals surface area contributed by atoms with Gasteiger partial charge in [-0.15, -0.1) is 0 Å². The number of urea groups is 2. The van der Waals surface area contributed by atoms with Crippen LogP contribution in [0.3, 0.4) is 0 Å². The number of nitrogens with one attached hydrogen (secondary N) is 6. The number of sulfonamides is 2. The molecule has 6 rings (SSSR count). The summed E-state index contributed by atoms with van der Waals surface area (Å²) >= 11 is 25.2. The van der Waals surface area contributed by atoms with Crippen molar-refractivity contribution in [3.8, 4) is 11.5 Å². The molecule has 20 nitrogen and oxygen atoms in total. The Morgan fingerprint density at radius 3 is 1.33 bits per heavy atom. The Bertz CT molecular complexity index is 2960. The Morgan fingerprint density at radius 2 is 0.939 bits per heavy atom. The normalized spacial score (nSPS) is 16.6. The molecule has 82 heavy (non-hydrogen) atoms. The van der Waals surface area contributed by atoms with E-state index in [1.807, 2.05) is 44.9 Å². The van der Waals surface area contributed by atoms with E-state index in [2.05, 4.69) is 30.7 Å². The Morgan fingerprint density at radius 1 is 0.549 bits per heavy atom. The number of halogens is 6. The molecule has 4 atom stereocenters. The smallest absolute Gasteiger partial charge is 0.314 e. The van der Waals surface area contributed by atoms with E-state index < -0.39 is 43.9 Å². The predicted octanol–water partition coefficient (Wildman–Crippen LogP) is 7.52. The van der Waals surface area contributed by atoms with Crippen molar-refractivity contribution >= 4 is 78.5 Å². The zero-order chi connectivity index (χ0) is 60.0. The number of nitrogens with zero attached hydrogens (tertiary/aromatic N) is 2. The molecule has 0 fully saturated rings. The van der Waals surface area contributed by atoms with Gasteiger partial charge in [-0.1, -0.05) is 53.3 Å². The number of carbonyl (C=O) groups excluding carboxylic acids is 2. The fraction of sp³-hybridized carbons (Fsp3) is 0.519. The third kappa shape index (κ3) is 21.0. The monoisotopic (exact) mass is 1270 g/mol. The van der Waals surface area contributed by atoms with E-state index >= 15 is 4.39 Å². The molecule has 456 valence electrons. The highest BCUT2D eigenvalue weighted by Crippen LogP contribution is 2.44. The van der Waals surface area contributed by atoms with Crippen LogP contribution in [0, 0.1) is 11.6 Å². The molecule has 0 aromatic heterocycles. The van der Waals surface area contributed by atoms with Gasteiger partial charge in [-0.3, -0.25) is 0 Å². The molecule has 28 heteroatoms. The van der Waals surface area contributed by atoms with E-state index in [0.717, 1.165) is 53.6 Å². The molecule has 0 heterocycles. The highest BCUT2D eigenvalue weighted by Gasteiger charge is 2.39. The molecule has 0 saturated carbocycles. The van der Waals surface area contributed by atoms with Crippen LogP contribution >= 0.6 is 46.4 Å². The van der Waals surface area contributed by atoms with Crippen molar-refractivity contribution in [3.63, 3.8) is 0 Å². The highest BCUT2D eigenvalue weighted by atomic mass is 35.5. The van der Waals surface area contributed by atoms with Crippen molar-refractivity contribution < 1.29 is 63.6 Å². The highest BCUT2D eigenvalue weighted by molar-refractivity contribution is 7.89. The van der Waals surface area contributed by atoms with E-state index in [4.69, 9.17) is 74.8 Å². The van der Waals surface area contributed by atoms with Crippen molar-refractivity contribution in [2.45, 2.75) is 73.1 Å². The number of hydrogen-bond acceptors (Lipinski definition) is 14. The molecule has 0 spiro atoms. The summed E-state index contributed by atoms with van der Waals surface area (Å²) in [6.07, 6.45) is 2.51. The lowest BCUT2D eigenvalue weighted by Gasteiger charge is -2.27. The lowest BCUT2D eigenvalue weighted by atomic mass is 10.1. The predicted molar refractivity (Wildman–Crippen MR) is 312 cm³/mol. The van der Waals surface area contributed by atoms with Gasteiger partial charge in [0.2, 0.25) is 20.0 Å². The number of amides is 4. The summed E-state index contributed by atoms with van der Waals surface area (Å²) in [6.45, 7) is 5.81. The topological polar surface area (TPSA) is 236 Å². The molecule has 2 aliphatic rings. The van der Waals surface area contributed by atoms with Crippen LogP contribution in [-0.4, -0.2) is 172 Å². The summed E-state index contributed by atoms with van der Waals surface area (Å²) < 4.78 is 119. The van der Waals surface area contributed by atoms with Crippen LogP contribution < -0.4 is 40.2 Å². The van der Waals surface area contributed by atoms with Crippen LogP contribution in [0.1, 0.15) is 60.6 Å². The standard InChI is InChI=1S/C30H43Cl2FN6O7S.C24H31Cl2FN2O5S/c1-34-29(40)35-8-4-5-9-36-30(41)37-10-12-44-14-15-45-13-11-38-47(42,43)21-6-7-27(25(33)18-21)46-28-23-16-20(31)17-24(32)22(23)19-26(28)39(2)3;1-4-8-32-10-11-33-9-7-28-35(30,31)17-5-6-23(21(27)14-17)34-24-19-12-16(25)13-20(26)18(19)15-22(24)29(2)3/h6-7,16-18,26,28,38H,4-5,8-15,19H2,1-3H3,(H2,34,35,40)(H2,36,37,41);5-6,12-14,22,24,28H,4,7-11,15H2,1-3H3/t26-,28-;22-,24-/m00/s1. The third-order valence-electron chi connectivity index (χ3n) is 12.9. The minimum absolute atomic E-state index is 0.0311. The van der Waals surface area contributed by atoms with E-state index in [1.54, 1.807) is 31.3 Å². The maximum Gasteiger partial charge on any atom is 0.314 e.